The van der Waals surface area contributed by atoms with E-state index in [4.69, 9.17) is 10.1 Å². The number of anilines is 1. The maximum Gasteiger partial charge on any atom is 0.303 e. The molecule has 0 spiro atoms. The Kier molecular flexibility index (Phi) is 7.01. The van der Waals surface area contributed by atoms with Gasteiger partial charge in [0.05, 0.1) is 11.4 Å². The quantitative estimate of drug-likeness (QED) is 0.374. The number of halogens is 1. The van der Waals surface area contributed by atoms with Gasteiger partial charge in [0, 0.05) is 23.1 Å². The molecule has 0 radical (unpaired) electrons. The van der Waals surface area contributed by atoms with Gasteiger partial charge in [-0.2, -0.15) is 0 Å². The Hall–Kier alpha value is -3.29. The van der Waals surface area contributed by atoms with Crippen molar-refractivity contribution in [3.8, 4) is 0 Å². The average Bonchev–Trinajstić information content (AvgIpc) is 3.12. The lowest BCUT2D eigenvalue weighted by molar-refractivity contribution is -0.137. The molecule has 0 saturated heterocycles. The first-order chi connectivity index (χ1) is 15.9. The molecule has 1 aliphatic heterocycles. The van der Waals surface area contributed by atoms with Crippen molar-refractivity contribution in [2.45, 2.75) is 25.3 Å². The minimum Gasteiger partial charge on any atom is -0.481 e. The SMILES string of the molecule is CNCc1ccc(N=C(c2ccc(CCC(=O)O)cc2)C2C(=O)Nc3cc(Br)ccc32)cc1. The summed E-state index contributed by atoms with van der Waals surface area (Å²) >= 11 is 3.46. The fourth-order valence-corrected chi connectivity index (χ4v) is 4.29. The number of carboxylic acid groups (broad SMARTS) is 1. The average molecular weight is 506 g/mol. The number of hydrogen-bond acceptors (Lipinski definition) is 4. The van der Waals surface area contributed by atoms with Crippen LogP contribution in [-0.2, 0) is 22.6 Å². The van der Waals surface area contributed by atoms with Crippen LogP contribution >= 0.6 is 15.9 Å². The third-order valence-electron chi connectivity index (χ3n) is 5.56. The van der Waals surface area contributed by atoms with Crippen LogP contribution in [0.4, 0.5) is 11.4 Å². The Labute approximate surface area is 200 Å². The number of carbonyl (C=O) groups is 2. The Bertz CT molecular complexity index is 1200. The summed E-state index contributed by atoms with van der Waals surface area (Å²) in [5, 5.41) is 15.0. The highest BCUT2D eigenvalue weighted by Gasteiger charge is 2.35. The Morgan fingerprint density at radius 3 is 2.42 bits per heavy atom. The predicted octanol–water partition coefficient (Wildman–Crippen LogP) is 5.04. The second-order valence-corrected chi connectivity index (χ2v) is 8.85. The van der Waals surface area contributed by atoms with E-state index in [1.807, 2.05) is 73.8 Å². The zero-order valence-electron chi connectivity index (χ0n) is 18.1. The smallest absolute Gasteiger partial charge is 0.303 e. The molecule has 0 aliphatic carbocycles. The van der Waals surface area contributed by atoms with E-state index in [9.17, 15) is 9.59 Å². The molecule has 6 nitrogen and oxygen atoms in total. The van der Waals surface area contributed by atoms with Crippen molar-refractivity contribution in [3.63, 3.8) is 0 Å². The predicted molar refractivity (Wildman–Crippen MR) is 133 cm³/mol. The van der Waals surface area contributed by atoms with Gasteiger partial charge in [-0.15, -0.1) is 0 Å². The molecular formula is C26H24BrN3O3. The van der Waals surface area contributed by atoms with Crippen LogP contribution in [0.3, 0.4) is 0 Å². The number of nitrogens with one attached hydrogen (secondary N) is 2. The van der Waals surface area contributed by atoms with Gasteiger partial charge in [0.2, 0.25) is 5.91 Å². The van der Waals surface area contributed by atoms with Crippen molar-refractivity contribution in [1.29, 1.82) is 0 Å². The van der Waals surface area contributed by atoms with Crippen LogP contribution in [0.2, 0.25) is 0 Å². The highest BCUT2D eigenvalue weighted by Crippen LogP contribution is 2.37. The number of carboxylic acids is 1. The summed E-state index contributed by atoms with van der Waals surface area (Å²) in [5.74, 6) is -1.49. The molecule has 3 aromatic carbocycles. The van der Waals surface area contributed by atoms with E-state index in [0.717, 1.165) is 44.6 Å². The standard InChI is InChI=1S/C26H24BrN3O3/c1-28-15-17-4-10-20(11-5-17)29-25(18-7-2-16(3-8-18)6-13-23(31)32)24-21-12-9-19(27)14-22(21)30-26(24)33/h2-5,7-12,14,24,28H,6,13,15H2,1H3,(H,30,33)(H,31,32). The molecule has 3 N–H and O–H groups in total. The monoisotopic (exact) mass is 505 g/mol. The number of nitrogens with zero attached hydrogens (tertiary/aromatic N) is 1. The largest absolute Gasteiger partial charge is 0.481 e. The number of rotatable bonds is 8. The van der Waals surface area contributed by atoms with Crippen LogP contribution in [0.1, 0.15) is 34.6 Å². The second kappa shape index (κ2) is 10.1. The summed E-state index contributed by atoms with van der Waals surface area (Å²) in [6.07, 6.45) is 0.530. The van der Waals surface area contributed by atoms with Crippen LogP contribution in [0, 0.1) is 0 Å². The fourth-order valence-electron chi connectivity index (χ4n) is 3.93. The number of amides is 1. The van der Waals surface area contributed by atoms with Crippen molar-refractivity contribution in [2.24, 2.45) is 4.99 Å². The zero-order chi connectivity index (χ0) is 23.4. The van der Waals surface area contributed by atoms with Gasteiger partial charge >= 0.3 is 5.97 Å². The number of aryl methyl sites for hydroxylation is 1. The molecule has 3 aromatic rings. The van der Waals surface area contributed by atoms with Gasteiger partial charge < -0.3 is 15.7 Å². The van der Waals surface area contributed by atoms with Crippen molar-refractivity contribution < 1.29 is 14.7 Å². The minimum atomic E-state index is -0.826. The van der Waals surface area contributed by atoms with Gasteiger partial charge in [-0.25, -0.2) is 0 Å². The number of aliphatic carboxylic acids is 1. The molecular weight excluding hydrogens is 482 g/mol. The van der Waals surface area contributed by atoms with Crippen LogP contribution in [-0.4, -0.2) is 29.7 Å². The second-order valence-electron chi connectivity index (χ2n) is 7.94. The van der Waals surface area contributed by atoms with Gasteiger partial charge in [0.25, 0.3) is 0 Å². The first-order valence-corrected chi connectivity index (χ1v) is 11.5. The van der Waals surface area contributed by atoms with Crippen LogP contribution in [0.5, 0.6) is 0 Å². The molecule has 0 fully saturated rings. The lowest BCUT2D eigenvalue weighted by Crippen LogP contribution is -2.22. The van der Waals surface area contributed by atoms with Crippen molar-refractivity contribution in [2.75, 3.05) is 12.4 Å². The van der Waals surface area contributed by atoms with Crippen molar-refractivity contribution in [3.05, 3.63) is 93.5 Å². The molecule has 7 heteroatoms. The Morgan fingerprint density at radius 2 is 1.76 bits per heavy atom. The van der Waals surface area contributed by atoms with Crippen molar-refractivity contribution in [1.82, 2.24) is 5.32 Å². The number of aliphatic imine (C=N–C) groups is 1. The molecule has 4 rings (SSSR count). The van der Waals surface area contributed by atoms with E-state index < -0.39 is 11.9 Å². The molecule has 1 amide bonds. The molecule has 168 valence electrons. The molecule has 0 aromatic heterocycles. The van der Waals surface area contributed by atoms with E-state index in [1.54, 1.807) is 0 Å². The molecule has 1 unspecified atom stereocenters. The molecule has 0 bridgehead atoms. The summed E-state index contributed by atoms with van der Waals surface area (Å²) in [5.41, 5.74) is 5.96. The lowest BCUT2D eigenvalue weighted by atomic mass is 9.90. The third-order valence-corrected chi connectivity index (χ3v) is 6.06. The minimum absolute atomic E-state index is 0.0759. The number of hydrogen-bond donors (Lipinski definition) is 3. The first-order valence-electron chi connectivity index (χ1n) is 10.7. The molecule has 0 saturated carbocycles. The molecule has 1 atom stereocenters. The van der Waals surface area contributed by atoms with Crippen molar-refractivity contribution >= 4 is 44.9 Å². The Morgan fingerprint density at radius 1 is 1.06 bits per heavy atom. The molecule has 1 aliphatic rings. The third kappa shape index (κ3) is 5.38. The highest BCUT2D eigenvalue weighted by atomic mass is 79.9. The first kappa shape index (κ1) is 22.9. The van der Waals surface area contributed by atoms with Gasteiger partial charge in [-0.1, -0.05) is 58.4 Å². The van der Waals surface area contributed by atoms with E-state index >= 15 is 0 Å². The van der Waals surface area contributed by atoms with E-state index in [2.05, 4.69) is 26.6 Å². The number of fused-ring (bicyclic) bond motifs is 1. The lowest BCUT2D eigenvalue weighted by Gasteiger charge is -2.15. The number of carbonyl (C=O) groups excluding carboxylic acids is 1. The Balaban J connectivity index is 1.75. The normalized spacial score (nSPS) is 15.3. The van der Waals surface area contributed by atoms with Gasteiger partial charge in [0.15, 0.2) is 0 Å². The van der Waals surface area contributed by atoms with Crippen LogP contribution in [0.25, 0.3) is 0 Å². The summed E-state index contributed by atoms with van der Waals surface area (Å²) < 4.78 is 0.892. The van der Waals surface area contributed by atoms with Gasteiger partial charge in [-0.3, -0.25) is 14.6 Å². The summed E-state index contributed by atoms with van der Waals surface area (Å²) in [6, 6.07) is 21.3. The van der Waals surface area contributed by atoms with Crippen LogP contribution in [0.15, 0.2) is 76.2 Å². The maximum atomic E-state index is 13.1. The fraction of sp³-hybridized carbons (Fsp3) is 0.192. The summed E-state index contributed by atoms with van der Waals surface area (Å²) in [6.45, 7) is 0.766. The maximum absolute atomic E-state index is 13.1. The number of benzene rings is 3. The molecule has 33 heavy (non-hydrogen) atoms. The van der Waals surface area contributed by atoms with Gasteiger partial charge in [-0.05, 0) is 60.0 Å². The zero-order valence-corrected chi connectivity index (χ0v) is 19.7. The van der Waals surface area contributed by atoms with Crippen LogP contribution < -0.4 is 10.6 Å². The summed E-state index contributed by atoms with van der Waals surface area (Å²) in [7, 11) is 1.90. The van der Waals surface area contributed by atoms with E-state index in [0.29, 0.717) is 12.1 Å². The topological polar surface area (TPSA) is 90.8 Å². The highest BCUT2D eigenvalue weighted by molar-refractivity contribution is 9.10. The van der Waals surface area contributed by atoms with Gasteiger partial charge in [0.1, 0.15) is 5.92 Å². The summed E-state index contributed by atoms with van der Waals surface area (Å²) in [4.78, 5) is 28.9. The van der Waals surface area contributed by atoms with E-state index in [1.165, 1.54) is 0 Å². The van der Waals surface area contributed by atoms with E-state index in [-0.39, 0.29) is 12.3 Å². The molecule has 1 heterocycles.